The van der Waals surface area contributed by atoms with Gasteiger partial charge in [-0.05, 0) is 30.7 Å². The van der Waals surface area contributed by atoms with Gasteiger partial charge in [-0.2, -0.15) is 0 Å². The van der Waals surface area contributed by atoms with E-state index in [2.05, 4.69) is 22.9 Å². The second kappa shape index (κ2) is 9.34. The summed E-state index contributed by atoms with van der Waals surface area (Å²) in [5, 5.41) is 14.3. The van der Waals surface area contributed by atoms with Gasteiger partial charge in [0.1, 0.15) is 5.75 Å². The molecular weight excluding hydrogens is 381 g/mol. The minimum absolute atomic E-state index is 0.0517. The second-order valence-corrected chi connectivity index (χ2v) is 7.58. The van der Waals surface area contributed by atoms with E-state index in [9.17, 15) is 5.11 Å². The number of phenols is 1. The molecule has 0 unspecified atom stereocenters. The van der Waals surface area contributed by atoms with Gasteiger partial charge in [0.2, 0.25) is 5.95 Å². The molecule has 0 atom stereocenters. The topological polar surface area (TPSA) is 50.1 Å². The van der Waals surface area contributed by atoms with Crippen LogP contribution in [0, 0.1) is 0 Å². The maximum Gasteiger partial charge on any atom is 0.204 e. The number of fused-ring (bicyclic) bond motifs is 1. The van der Waals surface area contributed by atoms with Crippen LogP contribution in [0.4, 0.5) is 5.95 Å². The molecule has 3 rings (SSSR count). The number of anilines is 1. The Morgan fingerprint density at radius 2 is 1.85 bits per heavy atom. The van der Waals surface area contributed by atoms with Crippen LogP contribution in [0.3, 0.4) is 0 Å². The first-order chi connectivity index (χ1) is 13.1. The van der Waals surface area contributed by atoms with Crippen molar-refractivity contribution >= 4 is 40.2 Å². The highest BCUT2D eigenvalue weighted by atomic mass is 35.5. The summed E-state index contributed by atoms with van der Waals surface area (Å²) in [5.41, 5.74) is 2.72. The summed E-state index contributed by atoms with van der Waals surface area (Å²) in [7, 11) is 0. The number of aromatic hydroxyl groups is 1. The molecule has 0 aliphatic carbocycles. The number of phenolic OH excluding ortho intramolecular Hbond substituents is 1. The van der Waals surface area contributed by atoms with E-state index in [4.69, 9.17) is 28.2 Å². The summed E-state index contributed by atoms with van der Waals surface area (Å²) < 4.78 is 2.21. The van der Waals surface area contributed by atoms with Crippen molar-refractivity contribution in [2.75, 3.05) is 5.32 Å². The van der Waals surface area contributed by atoms with E-state index in [1.165, 1.54) is 31.7 Å². The van der Waals surface area contributed by atoms with Crippen LogP contribution in [-0.2, 0) is 13.1 Å². The molecule has 3 aromatic rings. The number of hydrogen-bond donors (Lipinski definition) is 2. The van der Waals surface area contributed by atoms with E-state index >= 15 is 0 Å². The summed E-state index contributed by atoms with van der Waals surface area (Å²) in [6, 6.07) is 11.4. The van der Waals surface area contributed by atoms with Crippen molar-refractivity contribution in [3.63, 3.8) is 0 Å². The summed E-state index contributed by atoms with van der Waals surface area (Å²) in [5.74, 6) is 0.845. The Hall–Kier alpha value is -1.91. The van der Waals surface area contributed by atoms with Crippen LogP contribution in [0.5, 0.6) is 5.75 Å². The van der Waals surface area contributed by atoms with Crippen LogP contribution in [0.15, 0.2) is 36.4 Å². The molecular formula is C21H25Cl2N3O. The quantitative estimate of drug-likeness (QED) is 0.392. The number of unbranched alkanes of at least 4 members (excludes halogenated alkanes) is 4. The number of nitrogens with zero attached hydrogens (tertiary/aromatic N) is 2. The van der Waals surface area contributed by atoms with E-state index < -0.39 is 0 Å². The number of para-hydroxylation sites is 2. The standard InChI is InChI=1S/C21H25Cl2N3O/c1-2-3-4-5-8-11-26-19-10-7-6-9-18(19)25-21(26)24-14-15-12-16(22)13-17(23)20(15)27/h6-7,9-10,12-13,27H,2-5,8,11,14H2,1H3,(H,24,25). The van der Waals surface area contributed by atoms with Crippen molar-refractivity contribution in [3.8, 4) is 5.75 Å². The Balaban J connectivity index is 1.78. The zero-order valence-corrected chi connectivity index (χ0v) is 17.0. The molecule has 0 amide bonds. The van der Waals surface area contributed by atoms with Crippen LogP contribution < -0.4 is 5.32 Å². The van der Waals surface area contributed by atoms with E-state index in [1.807, 2.05) is 18.2 Å². The Bertz CT molecular complexity index is 908. The number of aryl methyl sites for hydroxylation is 1. The predicted molar refractivity (Wildman–Crippen MR) is 114 cm³/mol. The fraction of sp³-hybridized carbons (Fsp3) is 0.381. The lowest BCUT2D eigenvalue weighted by molar-refractivity contribution is 0.469. The van der Waals surface area contributed by atoms with Gasteiger partial charge in [0.25, 0.3) is 0 Å². The lowest BCUT2D eigenvalue weighted by atomic mass is 10.1. The number of nitrogens with one attached hydrogen (secondary N) is 1. The Kier molecular flexibility index (Phi) is 6.86. The summed E-state index contributed by atoms with van der Waals surface area (Å²) in [6.07, 6.45) is 6.12. The highest BCUT2D eigenvalue weighted by Crippen LogP contribution is 2.32. The third-order valence-corrected chi connectivity index (χ3v) is 5.19. The molecule has 0 aliphatic heterocycles. The van der Waals surface area contributed by atoms with Gasteiger partial charge in [-0.3, -0.25) is 0 Å². The molecule has 0 fully saturated rings. The smallest absolute Gasteiger partial charge is 0.204 e. The van der Waals surface area contributed by atoms with Crippen molar-refractivity contribution < 1.29 is 5.11 Å². The first-order valence-corrected chi connectivity index (χ1v) is 10.2. The minimum atomic E-state index is 0.0517. The van der Waals surface area contributed by atoms with Crippen molar-refractivity contribution in [3.05, 3.63) is 52.0 Å². The lowest BCUT2D eigenvalue weighted by Gasteiger charge is -2.12. The van der Waals surface area contributed by atoms with Gasteiger partial charge in [0.15, 0.2) is 0 Å². The second-order valence-electron chi connectivity index (χ2n) is 6.74. The number of rotatable bonds is 9. The molecule has 0 aliphatic rings. The molecule has 2 N–H and O–H groups in total. The van der Waals surface area contributed by atoms with Crippen LogP contribution in [-0.4, -0.2) is 14.7 Å². The van der Waals surface area contributed by atoms with Crippen molar-refractivity contribution in [2.24, 2.45) is 0 Å². The average molecular weight is 406 g/mol. The molecule has 0 bridgehead atoms. The van der Waals surface area contributed by atoms with Gasteiger partial charge in [-0.1, -0.05) is 67.9 Å². The molecule has 0 saturated carbocycles. The number of hydrogen-bond acceptors (Lipinski definition) is 3. The molecule has 6 heteroatoms. The highest BCUT2D eigenvalue weighted by Gasteiger charge is 2.12. The monoisotopic (exact) mass is 405 g/mol. The Labute approximate surface area is 170 Å². The Morgan fingerprint density at radius 3 is 2.67 bits per heavy atom. The summed E-state index contributed by atoms with van der Waals surface area (Å²) in [4.78, 5) is 4.72. The molecule has 27 heavy (non-hydrogen) atoms. The average Bonchev–Trinajstić information content (AvgIpc) is 3.01. The van der Waals surface area contributed by atoms with E-state index in [1.54, 1.807) is 6.07 Å². The van der Waals surface area contributed by atoms with Gasteiger partial charge in [0.05, 0.1) is 16.1 Å². The first kappa shape index (κ1) is 19.8. The number of imidazole rings is 1. The SMILES string of the molecule is CCCCCCCn1c(NCc2cc(Cl)cc(Cl)c2O)nc2ccccc21. The van der Waals surface area contributed by atoms with Gasteiger partial charge >= 0.3 is 0 Å². The van der Waals surface area contributed by atoms with Crippen molar-refractivity contribution in [1.29, 1.82) is 0 Å². The zero-order chi connectivity index (χ0) is 19.2. The fourth-order valence-corrected chi connectivity index (χ4v) is 3.77. The predicted octanol–water partition coefficient (Wildman–Crippen LogP) is 6.63. The van der Waals surface area contributed by atoms with E-state index in [0.29, 0.717) is 17.1 Å². The van der Waals surface area contributed by atoms with Crippen LogP contribution in [0.2, 0.25) is 10.0 Å². The van der Waals surface area contributed by atoms with E-state index in [-0.39, 0.29) is 10.8 Å². The molecule has 0 saturated heterocycles. The largest absolute Gasteiger partial charge is 0.506 e. The normalized spacial score (nSPS) is 11.2. The van der Waals surface area contributed by atoms with Crippen LogP contribution in [0.1, 0.15) is 44.6 Å². The maximum absolute atomic E-state index is 10.2. The lowest BCUT2D eigenvalue weighted by Crippen LogP contribution is -2.08. The molecule has 0 spiro atoms. The molecule has 1 heterocycles. The van der Waals surface area contributed by atoms with Gasteiger partial charge in [-0.25, -0.2) is 4.98 Å². The maximum atomic E-state index is 10.2. The molecule has 1 aromatic heterocycles. The van der Waals surface area contributed by atoms with Crippen LogP contribution >= 0.6 is 23.2 Å². The number of aromatic nitrogens is 2. The fourth-order valence-electron chi connectivity index (χ4n) is 3.24. The van der Waals surface area contributed by atoms with Gasteiger partial charge in [0, 0.05) is 23.7 Å². The number of benzene rings is 2. The third-order valence-electron chi connectivity index (χ3n) is 4.68. The minimum Gasteiger partial charge on any atom is -0.506 e. The summed E-state index contributed by atoms with van der Waals surface area (Å²) >= 11 is 12.1. The molecule has 0 radical (unpaired) electrons. The molecule has 2 aromatic carbocycles. The number of halogens is 2. The van der Waals surface area contributed by atoms with Crippen LogP contribution in [0.25, 0.3) is 11.0 Å². The first-order valence-electron chi connectivity index (χ1n) is 9.46. The van der Waals surface area contributed by atoms with Crippen molar-refractivity contribution in [1.82, 2.24) is 9.55 Å². The van der Waals surface area contributed by atoms with E-state index in [0.717, 1.165) is 29.9 Å². The summed E-state index contributed by atoms with van der Waals surface area (Å²) in [6.45, 7) is 3.53. The van der Waals surface area contributed by atoms with Gasteiger partial charge in [-0.15, -0.1) is 0 Å². The van der Waals surface area contributed by atoms with Gasteiger partial charge < -0.3 is 15.0 Å². The van der Waals surface area contributed by atoms with Crippen molar-refractivity contribution in [2.45, 2.75) is 52.1 Å². The molecule has 4 nitrogen and oxygen atoms in total. The molecule has 144 valence electrons. The Morgan fingerprint density at radius 1 is 1.07 bits per heavy atom. The third kappa shape index (κ3) is 4.88. The zero-order valence-electron chi connectivity index (χ0n) is 15.5. The highest BCUT2D eigenvalue weighted by molar-refractivity contribution is 6.35.